The zero-order valence-corrected chi connectivity index (χ0v) is 17.1. The molecule has 1 aliphatic carbocycles. The predicted octanol–water partition coefficient (Wildman–Crippen LogP) is 5.82. The lowest BCUT2D eigenvalue weighted by molar-refractivity contribution is -0.153. The molecule has 0 saturated heterocycles. The van der Waals surface area contributed by atoms with Gasteiger partial charge in [-0.3, -0.25) is 9.59 Å². The lowest BCUT2D eigenvalue weighted by atomic mass is 9.82. The monoisotopic (exact) mass is 368 g/mol. The third-order valence-electron chi connectivity index (χ3n) is 5.59. The third kappa shape index (κ3) is 10.2. The molecule has 0 spiro atoms. The van der Waals surface area contributed by atoms with Gasteiger partial charge < -0.3 is 9.47 Å². The number of carbonyl (C=O) groups excluding carboxylic acids is 2. The molecular formula is C22H40O4. The molecule has 0 aromatic heterocycles. The maximum Gasteiger partial charge on any atom is 0.308 e. The number of hydrogen-bond acceptors (Lipinski definition) is 4. The second kappa shape index (κ2) is 15.0. The van der Waals surface area contributed by atoms with E-state index in [0.29, 0.717) is 6.61 Å². The zero-order chi connectivity index (χ0) is 19.0. The third-order valence-corrected chi connectivity index (χ3v) is 5.59. The average Bonchev–Trinajstić information content (AvgIpc) is 2.68. The fourth-order valence-electron chi connectivity index (χ4n) is 3.79. The van der Waals surface area contributed by atoms with Crippen LogP contribution in [0.3, 0.4) is 0 Å². The number of ether oxygens (including phenoxy) is 2. The van der Waals surface area contributed by atoms with Crippen molar-refractivity contribution >= 4 is 11.9 Å². The van der Waals surface area contributed by atoms with Crippen LogP contribution in [0.25, 0.3) is 0 Å². The minimum absolute atomic E-state index is 0.0244. The second-order valence-corrected chi connectivity index (χ2v) is 7.77. The van der Waals surface area contributed by atoms with E-state index >= 15 is 0 Å². The molecule has 0 aromatic rings. The molecule has 0 heterocycles. The summed E-state index contributed by atoms with van der Waals surface area (Å²) >= 11 is 0. The van der Waals surface area contributed by atoms with Crippen molar-refractivity contribution in [1.82, 2.24) is 0 Å². The standard InChI is InChI=1S/C22H40O4/c1-3-4-5-6-7-8-9-10-11-12-13-18-26-22(24)20-16-14-19(15-17-20)21(23)25-2/h19-20H,3-18H2,1-2H3. The highest BCUT2D eigenvalue weighted by Crippen LogP contribution is 2.30. The zero-order valence-electron chi connectivity index (χ0n) is 17.1. The van der Waals surface area contributed by atoms with Crippen molar-refractivity contribution in [2.45, 2.75) is 103 Å². The molecule has 4 nitrogen and oxygen atoms in total. The molecule has 4 heteroatoms. The van der Waals surface area contributed by atoms with Crippen molar-refractivity contribution in [3.05, 3.63) is 0 Å². The Hall–Kier alpha value is -1.06. The van der Waals surface area contributed by atoms with Crippen LogP contribution in [0.4, 0.5) is 0 Å². The van der Waals surface area contributed by atoms with Crippen molar-refractivity contribution in [3.63, 3.8) is 0 Å². The van der Waals surface area contributed by atoms with E-state index in [4.69, 9.17) is 9.47 Å². The fraction of sp³-hybridized carbons (Fsp3) is 0.909. The van der Waals surface area contributed by atoms with Gasteiger partial charge in [0.15, 0.2) is 0 Å². The van der Waals surface area contributed by atoms with Crippen LogP contribution in [0.15, 0.2) is 0 Å². The summed E-state index contributed by atoms with van der Waals surface area (Å²) in [4.78, 5) is 23.6. The van der Waals surface area contributed by atoms with Crippen molar-refractivity contribution in [1.29, 1.82) is 0 Å². The molecule has 0 atom stereocenters. The van der Waals surface area contributed by atoms with Crippen LogP contribution >= 0.6 is 0 Å². The first kappa shape index (κ1) is 23.0. The summed E-state index contributed by atoms with van der Waals surface area (Å²) in [6, 6.07) is 0. The Balaban J connectivity index is 1.91. The van der Waals surface area contributed by atoms with Crippen LogP contribution in [0.5, 0.6) is 0 Å². The minimum Gasteiger partial charge on any atom is -0.469 e. The van der Waals surface area contributed by atoms with Gasteiger partial charge in [-0.25, -0.2) is 0 Å². The van der Waals surface area contributed by atoms with Gasteiger partial charge in [0.2, 0.25) is 0 Å². The van der Waals surface area contributed by atoms with Gasteiger partial charge in [-0.2, -0.15) is 0 Å². The van der Waals surface area contributed by atoms with Crippen molar-refractivity contribution in [2.24, 2.45) is 11.8 Å². The summed E-state index contributed by atoms with van der Waals surface area (Å²) in [5, 5.41) is 0. The molecule has 152 valence electrons. The molecule has 0 amide bonds. The number of methoxy groups -OCH3 is 1. The molecule has 0 aromatic carbocycles. The number of unbranched alkanes of at least 4 members (excludes halogenated alkanes) is 10. The van der Waals surface area contributed by atoms with Gasteiger partial charge >= 0.3 is 11.9 Å². The van der Waals surface area contributed by atoms with Crippen LogP contribution in [0.2, 0.25) is 0 Å². The largest absolute Gasteiger partial charge is 0.469 e. The van der Waals surface area contributed by atoms with E-state index in [0.717, 1.165) is 38.5 Å². The second-order valence-electron chi connectivity index (χ2n) is 7.77. The summed E-state index contributed by atoms with van der Waals surface area (Å²) < 4.78 is 10.2. The molecule has 1 fully saturated rings. The van der Waals surface area contributed by atoms with Gasteiger partial charge in [-0.15, -0.1) is 0 Å². The molecule has 0 N–H and O–H groups in total. The quantitative estimate of drug-likeness (QED) is 0.286. The van der Waals surface area contributed by atoms with Crippen LogP contribution in [0.1, 0.15) is 103 Å². The first-order chi connectivity index (χ1) is 12.7. The molecule has 1 saturated carbocycles. The number of esters is 2. The summed E-state index contributed by atoms with van der Waals surface area (Å²) in [5.41, 5.74) is 0. The summed E-state index contributed by atoms with van der Waals surface area (Å²) in [7, 11) is 1.43. The van der Waals surface area contributed by atoms with E-state index in [9.17, 15) is 9.59 Å². The molecule has 0 aliphatic heterocycles. The Morgan fingerprint density at radius 1 is 0.692 bits per heavy atom. The highest BCUT2D eigenvalue weighted by molar-refractivity contribution is 5.75. The Bertz CT molecular complexity index is 372. The molecule has 1 rings (SSSR count). The Kier molecular flexibility index (Phi) is 13.3. The Morgan fingerprint density at radius 2 is 1.12 bits per heavy atom. The smallest absolute Gasteiger partial charge is 0.308 e. The number of carbonyl (C=O) groups is 2. The molecule has 0 bridgehead atoms. The molecule has 0 radical (unpaired) electrons. The van der Waals surface area contributed by atoms with Crippen LogP contribution in [-0.4, -0.2) is 25.7 Å². The van der Waals surface area contributed by atoms with E-state index in [1.54, 1.807) is 0 Å². The molecular weight excluding hydrogens is 328 g/mol. The van der Waals surface area contributed by atoms with Crippen molar-refractivity contribution < 1.29 is 19.1 Å². The topological polar surface area (TPSA) is 52.6 Å². The predicted molar refractivity (Wildman–Crippen MR) is 105 cm³/mol. The fourth-order valence-corrected chi connectivity index (χ4v) is 3.79. The van der Waals surface area contributed by atoms with Crippen LogP contribution in [-0.2, 0) is 19.1 Å². The van der Waals surface area contributed by atoms with E-state index in [2.05, 4.69) is 6.92 Å². The van der Waals surface area contributed by atoms with Crippen molar-refractivity contribution in [2.75, 3.05) is 13.7 Å². The van der Waals surface area contributed by atoms with Gasteiger partial charge in [-0.05, 0) is 32.1 Å². The average molecular weight is 369 g/mol. The van der Waals surface area contributed by atoms with Gasteiger partial charge in [0, 0.05) is 0 Å². The first-order valence-electron chi connectivity index (χ1n) is 10.9. The number of rotatable bonds is 14. The Morgan fingerprint density at radius 3 is 1.58 bits per heavy atom. The van der Waals surface area contributed by atoms with Crippen LogP contribution < -0.4 is 0 Å². The SMILES string of the molecule is CCCCCCCCCCCCCOC(=O)C1CCC(C(=O)OC)CC1. The number of hydrogen-bond donors (Lipinski definition) is 0. The van der Waals surface area contributed by atoms with Gasteiger partial charge in [0.25, 0.3) is 0 Å². The normalized spacial score (nSPS) is 19.9. The summed E-state index contributed by atoms with van der Waals surface area (Å²) in [5.74, 6) is -0.266. The van der Waals surface area contributed by atoms with Crippen LogP contribution in [0, 0.1) is 11.8 Å². The minimum atomic E-state index is -0.141. The highest BCUT2D eigenvalue weighted by Gasteiger charge is 2.31. The molecule has 26 heavy (non-hydrogen) atoms. The van der Waals surface area contributed by atoms with E-state index in [1.165, 1.54) is 64.9 Å². The van der Waals surface area contributed by atoms with Crippen molar-refractivity contribution in [3.8, 4) is 0 Å². The van der Waals surface area contributed by atoms with Gasteiger partial charge in [0.05, 0.1) is 25.6 Å². The summed E-state index contributed by atoms with van der Waals surface area (Å²) in [6.45, 7) is 2.81. The molecule has 1 aliphatic rings. The Labute approximate surface area is 160 Å². The van der Waals surface area contributed by atoms with Gasteiger partial charge in [0.1, 0.15) is 0 Å². The maximum atomic E-state index is 12.1. The lowest BCUT2D eigenvalue weighted by Gasteiger charge is -2.25. The molecule has 0 unspecified atom stereocenters. The maximum absolute atomic E-state index is 12.1. The van der Waals surface area contributed by atoms with E-state index in [-0.39, 0.29) is 23.8 Å². The van der Waals surface area contributed by atoms with Gasteiger partial charge in [-0.1, -0.05) is 71.1 Å². The summed E-state index contributed by atoms with van der Waals surface area (Å²) in [6.07, 6.45) is 17.2. The first-order valence-corrected chi connectivity index (χ1v) is 10.9. The lowest BCUT2D eigenvalue weighted by Crippen LogP contribution is -2.28. The van der Waals surface area contributed by atoms with E-state index < -0.39 is 0 Å². The highest BCUT2D eigenvalue weighted by atomic mass is 16.5. The van der Waals surface area contributed by atoms with E-state index in [1.807, 2.05) is 0 Å².